The maximum atomic E-state index is 13.6. The van der Waals surface area contributed by atoms with Crippen molar-refractivity contribution in [1.29, 1.82) is 0 Å². The zero-order chi connectivity index (χ0) is 13.1. The van der Waals surface area contributed by atoms with Gasteiger partial charge in [0.25, 0.3) is 0 Å². The Bertz CT molecular complexity index is 570. The largest absolute Gasteiger partial charge is 0.452 e. The quantitative estimate of drug-likeness (QED) is 0.837. The van der Waals surface area contributed by atoms with Gasteiger partial charge in [-0.1, -0.05) is 19.1 Å². The number of halogens is 2. The van der Waals surface area contributed by atoms with Crippen LogP contribution >= 0.6 is 0 Å². The molecule has 4 heteroatoms. The van der Waals surface area contributed by atoms with E-state index in [-0.39, 0.29) is 11.4 Å². The molecule has 0 atom stereocenters. The number of benzene rings is 2. The monoisotopic (exact) mass is 249 g/mol. The Morgan fingerprint density at radius 3 is 2.67 bits per heavy atom. The number of ether oxygens (including phenoxy) is 1. The Kier molecular flexibility index (Phi) is 3.46. The van der Waals surface area contributed by atoms with Crippen molar-refractivity contribution in [3.05, 3.63) is 53.6 Å². The standard InChI is InChI=1S/C14H13F2NO/c1-2-9-4-3-5-10(8-9)18-14-12(17)7-6-11(15)13(14)16/h3-8H,2,17H2,1H3. The van der Waals surface area contributed by atoms with Gasteiger partial charge in [-0.15, -0.1) is 0 Å². The lowest BCUT2D eigenvalue weighted by Crippen LogP contribution is -1.98. The highest BCUT2D eigenvalue weighted by Crippen LogP contribution is 2.32. The van der Waals surface area contributed by atoms with Crippen molar-refractivity contribution in [2.45, 2.75) is 13.3 Å². The Hall–Kier alpha value is -2.10. The predicted octanol–water partition coefficient (Wildman–Crippen LogP) is 3.90. The summed E-state index contributed by atoms with van der Waals surface area (Å²) in [6.45, 7) is 2.00. The van der Waals surface area contributed by atoms with Crippen molar-refractivity contribution >= 4 is 5.69 Å². The van der Waals surface area contributed by atoms with Crippen LogP contribution < -0.4 is 10.5 Å². The number of aryl methyl sites for hydroxylation is 1. The van der Waals surface area contributed by atoms with Crippen molar-refractivity contribution in [2.24, 2.45) is 0 Å². The lowest BCUT2D eigenvalue weighted by atomic mass is 10.2. The predicted molar refractivity (Wildman–Crippen MR) is 66.7 cm³/mol. The zero-order valence-electron chi connectivity index (χ0n) is 9.91. The van der Waals surface area contributed by atoms with Crippen LogP contribution in [-0.2, 0) is 6.42 Å². The van der Waals surface area contributed by atoms with E-state index in [2.05, 4.69) is 0 Å². The van der Waals surface area contributed by atoms with Crippen LogP contribution in [0.4, 0.5) is 14.5 Å². The van der Waals surface area contributed by atoms with Crippen LogP contribution in [0.5, 0.6) is 11.5 Å². The first-order valence-electron chi connectivity index (χ1n) is 5.62. The molecular weight excluding hydrogens is 236 g/mol. The highest BCUT2D eigenvalue weighted by Gasteiger charge is 2.14. The van der Waals surface area contributed by atoms with Gasteiger partial charge in [-0.25, -0.2) is 4.39 Å². The Morgan fingerprint density at radius 2 is 1.94 bits per heavy atom. The molecule has 2 aromatic carbocycles. The highest BCUT2D eigenvalue weighted by molar-refractivity contribution is 5.55. The number of rotatable bonds is 3. The summed E-state index contributed by atoms with van der Waals surface area (Å²) in [4.78, 5) is 0. The van der Waals surface area contributed by atoms with Gasteiger partial charge >= 0.3 is 0 Å². The van der Waals surface area contributed by atoms with E-state index in [4.69, 9.17) is 10.5 Å². The minimum atomic E-state index is -1.07. The molecule has 0 spiro atoms. The maximum Gasteiger partial charge on any atom is 0.203 e. The molecule has 0 saturated carbocycles. The topological polar surface area (TPSA) is 35.2 Å². The highest BCUT2D eigenvalue weighted by atomic mass is 19.2. The van der Waals surface area contributed by atoms with Crippen LogP contribution in [0.1, 0.15) is 12.5 Å². The van der Waals surface area contributed by atoms with E-state index in [9.17, 15) is 8.78 Å². The van der Waals surface area contributed by atoms with Gasteiger partial charge in [-0.05, 0) is 36.2 Å². The second kappa shape index (κ2) is 5.04. The minimum Gasteiger partial charge on any atom is -0.452 e. The van der Waals surface area contributed by atoms with Gasteiger partial charge in [0.2, 0.25) is 5.82 Å². The third-order valence-electron chi connectivity index (χ3n) is 2.61. The number of nitrogen functional groups attached to an aromatic ring is 1. The molecule has 0 radical (unpaired) electrons. The van der Waals surface area contributed by atoms with Gasteiger partial charge in [0.05, 0.1) is 5.69 Å². The van der Waals surface area contributed by atoms with Crippen molar-refractivity contribution in [3.63, 3.8) is 0 Å². The Morgan fingerprint density at radius 1 is 1.17 bits per heavy atom. The van der Waals surface area contributed by atoms with Crippen LogP contribution in [0.15, 0.2) is 36.4 Å². The molecule has 2 N–H and O–H groups in total. The third kappa shape index (κ3) is 2.42. The molecule has 0 aliphatic carbocycles. The molecule has 0 fully saturated rings. The normalized spacial score (nSPS) is 10.4. The number of hydrogen-bond donors (Lipinski definition) is 1. The third-order valence-corrected chi connectivity index (χ3v) is 2.61. The SMILES string of the molecule is CCc1cccc(Oc2c(N)ccc(F)c2F)c1. The number of hydrogen-bond acceptors (Lipinski definition) is 2. The van der Waals surface area contributed by atoms with Crippen LogP contribution in [-0.4, -0.2) is 0 Å². The fourth-order valence-corrected chi connectivity index (χ4v) is 1.60. The molecule has 0 amide bonds. The fourth-order valence-electron chi connectivity index (χ4n) is 1.60. The molecule has 18 heavy (non-hydrogen) atoms. The zero-order valence-corrected chi connectivity index (χ0v) is 9.91. The Balaban J connectivity index is 2.36. The lowest BCUT2D eigenvalue weighted by Gasteiger charge is -2.10. The second-order valence-corrected chi connectivity index (χ2v) is 3.88. The molecule has 0 aromatic heterocycles. The van der Waals surface area contributed by atoms with E-state index >= 15 is 0 Å². The summed E-state index contributed by atoms with van der Waals surface area (Å²) in [5, 5.41) is 0. The molecular formula is C14H13F2NO. The van der Waals surface area contributed by atoms with Crippen LogP contribution in [0, 0.1) is 11.6 Å². The summed E-state index contributed by atoms with van der Waals surface area (Å²) in [6.07, 6.45) is 0.832. The average Bonchev–Trinajstić information content (AvgIpc) is 2.39. The van der Waals surface area contributed by atoms with E-state index in [0.717, 1.165) is 18.1 Å². The van der Waals surface area contributed by atoms with E-state index in [1.54, 1.807) is 18.2 Å². The van der Waals surface area contributed by atoms with Gasteiger partial charge in [0.15, 0.2) is 11.6 Å². The fraction of sp³-hybridized carbons (Fsp3) is 0.143. The van der Waals surface area contributed by atoms with E-state index in [1.165, 1.54) is 6.07 Å². The van der Waals surface area contributed by atoms with E-state index in [1.807, 2.05) is 13.0 Å². The van der Waals surface area contributed by atoms with E-state index < -0.39 is 11.6 Å². The molecule has 94 valence electrons. The molecule has 2 aromatic rings. The van der Waals surface area contributed by atoms with Crippen LogP contribution in [0.3, 0.4) is 0 Å². The molecule has 2 nitrogen and oxygen atoms in total. The van der Waals surface area contributed by atoms with Crippen molar-refractivity contribution in [2.75, 3.05) is 5.73 Å². The lowest BCUT2D eigenvalue weighted by molar-refractivity contribution is 0.418. The summed E-state index contributed by atoms with van der Waals surface area (Å²) in [5.41, 5.74) is 6.69. The van der Waals surface area contributed by atoms with Crippen LogP contribution in [0.25, 0.3) is 0 Å². The molecule has 2 rings (SSSR count). The molecule has 0 bridgehead atoms. The van der Waals surface area contributed by atoms with Gasteiger partial charge < -0.3 is 10.5 Å². The van der Waals surface area contributed by atoms with Crippen molar-refractivity contribution < 1.29 is 13.5 Å². The summed E-state index contributed by atoms with van der Waals surface area (Å²) < 4.78 is 32.0. The van der Waals surface area contributed by atoms with Crippen molar-refractivity contribution in [3.8, 4) is 11.5 Å². The molecule has 0 saturated heterocycles. The summed E-state index contributed by atoms with van der Waals surface area (Å²) in [7, 11) is 0. The minimum absolute atomic E-state index is 0.0656. The molecule has 0 aliphatic rings. The van der Waals surface area contributed by atoms with Crippen molar-refractivity contribution in [1.82, 2.24) is 0 Å². The average molecular weight is 249 g/mol. The molecule has 0 heterocycles. The van der Waals surface area contributed by atoms with E-state index in [0.29, 0.717) is 5.75 Å². The second-order valence-electron chi connectivity index (χ2n) is 3.88. The summed E-state index contributed by atoms with van der Waals surface area (Å²) >= 11 is 0. The first-order valence-corrected chi connectivity index (χ1v) is 5.62. The Labute approximate surface area is 104 Å². The summed E-state index contributed by atoms with van der Waals surface area (Å²) in [5.74, 6) is -1.89. The number of anilines is 1. The molecule has 0 aliphatic heterocycles. The van der Waals surface area contributed by atoms with Crippen LogP contribution in [0.2, 0.25) is 0 Å². The smallest absolute Gasteiger partial charge is 0.203 e. The molecule has 0 unspecified atom stereocenters. The van der Waals surface area contributed by atoms with Gasteiger partial charge in [0.1, 0.15) is 5.75 Å². The summed E-state index contributed by atoms with van der Waals surface area (Å²) in [6, 6.07) is 9.41. The van der Waals surface area contributed by atoms with Gasteiger partial charge in [0, 0.05) is 0 Å². The van der Waals surface area contributed by atoms with Gasteiger partial charge in [-0.3, -0.25) is 0 Å². The first-order chi connectivity index (χ1) is 8.61. The maximum absolute atomic E-state index is 13.6. The van der Waals surface area contributed by atoms with Gasteiger partial charge in [-0.2, -0.15) is 4.39 Å². The first kappa shape index (κ1) is 12.4. The number of nitrogens with two attached hydrogens (primary N) is 1.